The smallest absolute Gasteiger partial charge is 0.295 e. The van der Waals surface area contributed by atoms with Gasteiger partial charge in [-0.15, -0.1) is 0 Å². The van der Waals surface area contributed by atoms with E-state index in [1.54, 1.807) is 42.6 Å². The van der Waals surface area contributed by atoms with E-state index in [1.807, 2.05) is 31.1 Å². The highest BCUT2D eigenvalue weighted by Gasteiger charge is 2.46. The van der Waals surface area contributed by atoms with Gasteiger partial charge in [0.2, 0.25) is 0 Å². The van der Waals surface area contributed by atoms with E-state index < -0.39 is 17.7 Å². The van der Waals surface area contributed by atoms with Crippen molar-refractivity contribution in [2.45, 2.75) is 12.5 Å². The first-order valence-electron chi connectivity index (χ1n) is 8.90. The molecule has 1 aromatic carbocycles. The van der Waals surface area contributed by atoms with Crippen molar-refractivity contribution in [1.82, 2.24) is 14.8 Å². The van der Waals surface area contributed by atoms with Gasteiger partial charge < -0.3 is 14.9 Å². The molecule has 0 radical (unpaired) electrons. The van der Waals surface area contributed by atoms with Gasteiger partial charge >= 0.3 is 0 Å². The molecule has 1 atom stereocenters. The minimum atomic E-state index is -0.687. The fraction of sp³-hybridized carbons (Fsp3) is 0.286. The number of hydrogen-bond acceptors (Lipinski definition) is 5. The summed E-state index contributed by atoms with van der Waals surface area (Å²) in [5, 5.41) is 10.8. The fourth-order valence-electron chi connectivity index (χ4n) is 3.26. The van der Waals surface area contributed by atoms with Gasteiger partial charge in [0, 0.05) is 18.3 Å². The van der Waals surface area contributed by atoms with Gasteiger partial charge in [-0.2, -0.15) is 0 Å². The summed E-state index contributed by atoms with van der Waals surface area (Å²) in [5.74, 6) is -1.43. The summed E-state index contributed by atoms with van der Waals surface area (Å²) in [4.78, 5) is 33.4. The molecule has 1 aliphatic rings. The summed E-state index contributed by atoms with van der Waals surface area (Å²) in [6.07, 6.45) is 2.34. The number of hydrogen-bond donors (Lipinski definition) is 1. The van der Waals surface area contributed by atoms with E-state index in [0.29, 0.717) is 24.2 Å². The third-order valence-corrected chi connectivity index (χ3v) is 4.56. The van der Waals surface area contributed by atoms with Crippen LogP contribution in [0.4, 0.5) is 0 Å². The molecule has 0 aliphatic carbocycles. The van der Waals surface area contributed by atoms with Crippen LogP contribution in [0, 0.1) is 0 Å². The second kappa shape index (κ2) is 8.14. The number of aromatic nitrogens is 1. The zero-order valence-electron chi connectivity index (χ0n) is 15.5. The molecule has 0 spiro atoms. The number of rotatable bonds is 6. The summed E-state index contributed by atoms with van der Waals surface area (Å²) in [6.45, 7) is 1.20. The predicted molar refractivity (Wildman–Crippen MR) is 103 cm³/mol. The van der Waals surface area contributed by atoms with Crippen LogP contribution in [0.5, 0.6) is 0 Å². The van der Waals surface area contributed by atoms with Crippen LogP contribution in [0.25, 0.3) is 5.76 Å². The van der Waals surface area contributed by atoms with Crippen LogP contribution in [0.2, 0.25) is 0 Å². The zero-order chi connectivity index (χ0) is 19.4. The molecule has 1 aliphatic heterocycles. The molecular weight excluding hydrogens is 342 g/mol. The molecule has 6 nitrogen and oxygen atoms in total. The lowest BCUT2D eigenvalue weighted by Gasteiger charge is -2.25. The normalized spacial score (nSPS) is 19.1. The lowest BCUT2D eigenvalue weighted by Crippen LogP contribution is -2.32. The Morgan fingerprint density at radius 3 is 2.44 bits per heavy atom. The van der Waals surface area contributed by atoms with Crippen molar-refractivity contribution >= 4 is 17.4 Å². The van der Waals surface area contributed by atoms with E-state index in [1.165, 1.54) is 4.90 Å². The minimum absolute atomic E-state index is 0.0924. The summed E-state index contributed by atoms with van der Waals surface area (Å²) in [6, 6.07) is 13.5. The van der Waals surface area contributed by atoms with Gasteiger partial charge in [0.05, 0.1) is 11.3 Å². The monoisotopic (exact) mass is 365 g/mol. The van der Waals surface area contributed by atoms with E-state index in [2.05, 4.69) is 4.98 Å². The van der Waals surface area contributed by atoms with Crippen molar-refractivity contribution < 1.29 is 14.7 Å². The summed E-state index contributed by atoms with van der Waals surface area (Å²) < 4.78 is 0. The first-order chi connectivity index (χ1) is 13.0. The van der Waals surface area contributed by atoms with Gasteiger partial charge in [0.15, 0.2) is 0 Å². The molecule has 1 saturated heterocycles. The number of carbonyl (C=O) groups is 2. The Labute approximate surface area is 158 Å². The van der Waals surface area contributed by atoms with Crippen molar-refractivity contribution in [2.24, 2.45) is 0 Å². The number of amides is 1. The molecule has 140 valence electrons. The predicted octanol–water partition coefficient (Wildman–Crippen LogP) is 2.46. The lowest BCUT2D eigenvalue weighted by atomic mass is 9.98. The molecule has 1 aromatic heterocycles. The Hall–Kier alpha value is -2.99. The number of carbonyl (C=O) groups excluding carboxylic acids is 2. The lowest BCUT2D eigenvalue weighted by molar-refractivity contribution is -0.140. The molecule has 0 saturated carbocycles. The molecule has 0 bridgehead atoms. The van der Waals surface area contributed by atoms with E-state index in [-0.39, 0.29) is 11.3 Å². The molecule has 1 fully saturated rings. The number of ketones is 1. The summed E-state index contributed by atoms with van der Waals surface area (Å²) in [7, 11) is 3.92. The Bertz CT molecular complexity index is 847. The van der Waals surface area contributed by atoms with Crippen LogP contribution in [0.3, 0.4) is 0 Å². The van der Waals surface area contributed by atoms with E-state index >= 15 is 0 Å². The molecular formula is C21H23N3O3. The molecule has 6 heteroatoms. The van der Waals surface area contributed by atoms with Gasteiger partial charge in [0.25, 0.3) is 11.7 Å². The molecule has 2 heterocycles. The molecule has 27 heavy (non-hydrogen) atoms. The van der Waals surface area contributed by atoms with Crippen LogP contribution in [-0.2, 0) is 9.59 Å². The number of benzene rings is 1. The largest absolute Gasteiger partial charge is 0.507 e. The van der Waals surface area contributed by atoms with Gasteiger partial charge in [-0.3, -0.25) is 14.6 Å². The SMILES string of the molecule is CN(C)CCCN1C(=O)C(=O)/C(=C(\O)c2ccccc2)C1c1ccccn1. The average Bonchev–Trinajstić information content (AvgIpc) is 2.93. The Morgan fingerprint density at radius 1 is 1.11 bits per heavy atom. The summed E-state index contributed by atoms with van der Waals surface area (Å²) in [5.41, 5.74) is 1.17. The zero-order valence-corrected chi connectivity index (χ0v) is 15.5. The van der Waals surface area contributed by atoms with Gasteiger partial charge in [-0.1, -0.05) is 36.4 Å². The molecule has 1 unspecified atom stereocenters. The Balaban J connectivity index is 2.05. The number of aliphatic hydroxyl groups is 1. The Kier molecular flexibility index (Phi) is 5.66. The maximum absolute atomic E-state index is 12.8. The van der Waals surface area contributed by atoms with Crippen LogP contribution in [0.1, 0.15) is 23.7 Å². The average molecular weight is 365 g/mol. The second-order valence-electron chi connectivity index (χ2n) is 6.77. The highest BCUT2D eigenvalue weighted by molar-refractivity contribution is 6.46. The topological polar surface area (TPSA) is 73.7 Å². The quantitative estimate of drug-likeness (QED) is 0.484. The first kappa shape index (κ1) is 18.8. The third kappa shape index (κ3) is 3.90. The Morgan fingerprint density at radius 2 is 1.81 bits per heavy atom. The van der Waals surface area contributed by atoms with Gasteiger partial charge in [-0.25, -0.2) is 0 Å². The molecule has 3 rings (SSSR count). The highest BCUT2D eigenvalue weighted by Crippen LogP contribution is 2.38. The first-order valence-corrected chi connectivity index (χ1v) is 8.90. The van der Waals surface area contributed by atoms with Crippen LogP contribution >= 0.6 is 0 Å². The van der Waals surface area contributed by atoms with E-state index in [0.717, 1.165) is 6.54 Å². The summed E-state index contributed by atoms with van der Waals surface area (Å²) >= 11 is 0. The molecule has 2 aromatic rings. The van der Waals surface area contributed by atoms with E-state index in [4.69, 9.17) is 0 Å². The number of likely N-dealkylation sites (tertiary alicyclic amines) is 1. The maximum atomic E-state index is 12.8. The highest BCUT2D eigenvalue weighted by atomic mass is 16.3. The standard InChI is InChI=1S/C21H23N3O3/c1-23(2)13-8-14-24-18(16-11-6-7-12-22-16)17(20(26)21(24)27)19(25)15-9-4-3-5-10-15/h3-7,9-12,18,25H,8,13-14H2,1-2H3/b19-17-. The van der Waals surface area contributed by atoms with Crippen LogP contribution < -0.4 is 0 Å². The van der Waals surface area contributed by atoms with Crippen molar-refractivity contribution in [1.29, 1.82) is 0 Å². The number of aliphatic hydroxyl groups excluding tert-OH is 1. The number of nitrogens with zero attached hydrogens (tertiary/aromatic N) is 3. The van der Waals surface area contributed by atoms with Crippen molar-refractivity contribution in [3.05, 3.63) is 71.6 Å². The molecule has 1 N–H and O–H groups in total. The van der Waals surface area contributed by atoms with Crippen LogP contribution in [-0.4, -0.2) is 58.8 Å². The van der Waals surface area contributed by atoms with Crippen molar-refractivity contribution in [2.75, 3.05) is 27.2 Å². The number of Topliss-reactive ketones (excluding diaryl/α,β-unsaturated/α-hetero) is 1. The second-order valence-corrected chi connectivity index (χ2v) is 6.77. The van der Waals surface area contributed by atoms with Gasteiger partial charge in [0.1, 0.15) is 11.8 Å². The maximum Gasteiger partial charge on any atom is 0.295 e. The van der Waals surface area contributed by atoms with E-state index in [9.17, 15) is 14.7 Å². The minimum Gasteiger partial charge on any atom is -0.507 e. The van der Waals surface area contributed by atoms with Gasteiger partial charge in [-0.05, 0) is 39.2 Å². The van der Waals surface area contributed by atoms with Crippen molar-refractivity contribution in [3.63, 3.8) is 0 Å². The fourth-order valence-corrected chi connectivity index (χ4v) is 3.26. The number of pyridine rings is 1. The third-order valence-electron chi connectivity index (χ3n) is 4.56. The van der Waals surface area contributed by atoms with Crippen molar-refractivity contribution in [3.8, 4) is 0 Å². The van der Waals surface area contributed by atoms with Crippen LogP contribution in [0.15, 0.2) is 60.3 Å². The molecule has 1 amide bonds.